The lowest BCUT2D eigenvalue weighted by Gasteiger charge is -2.26. The Hall–Kier alpha value is -1.88. The second-order valence-electron chi connectivity index (χ2n) is 7.60. The molecule has 1 aromatic rings. The van der Waals surface area contributed by atoms with E-state index < -0.39 is 6.10 Å². The molecule has 2 N–H and O–H groups in total. The minimum absolute atomic E-state index is 0.0300. The number of hydrogen-bond acceptors (Lipinski definition) is 3. The third-order valence-electron chi connectivity index (χ3n) is 4.57. The average molecular weight is 332 g/mol. The molecule has 0 spiro atoms. The number of hydrogen-bond donors (Lipinski definition) is 2. The number of rotatable bonds is 6. The Morgan fingerprint density at radius 1 is 1.33 bits per heavy atom. The van der Waals surface area contributed by atoms with Crippen molar-refractivity contribution in [2.75, 3.05) is 19.6 Å². The molecule has 0 aliphatic carbocycles. The Morgan fingerprint density at radius 2 is 2.00 bits per heavy atom. The van der Waals surface area contributed by atoms with E-state index in [1.165, 1.54) is 5.56 Å². The molecule has 0 radical (unpaired) electrons. The maximum Gasteiger partial charge on any atom is 0.225 e. The van der Waals surface area contributed by atoms with Crippen molar-refractivity contribution in [1.29, 1.82) is 0 Å². The highest BCUT2D eigenvalue weighted by Crippen LogP contribution is 2.20. The van der Waals surface area contributed by atoms with E-state index in [9.17, 15) is 14.7 Å². The largest absolute Gasteiger partial charge is 0.391 e. The SMILES string of the molecule is CC(C)(C)C(O)CNC(=O)C1CC(=O)N(CCc2ccccc2)C1. The molecule has 1 aromatic carbocycles. The minimum atomic E-state index is -0.604. The molecule has 1 aliphatic heterocycles. The van der Waals surface area contributed by atoms with Gasteiger partial charge in [0.15, 0.2) is 0 Å². The zero-order valence-electron chi connectivity index (χ0n) is 14.8. The van der Waals surface area contributed by atoms with Gasteiger partial charge in [-0.05, 0) is 17.4 Å². The van der Waals surface area contributed by atoms with Crippen molar-refractivity contribution in [2.24, 2.45) is 11.3 Å². The van der Waals surface area contributed by atoms with Crippen LogP contribution in [0.15, 0.2) is 30.3 Å². The van der Waals surface area contributed by atoms with Crippen LogP contribution in [0.5, 0.6) is 0 Å². The Balaban J connectivity index is 1.80. The van der Waals surface area contributed by atoms with Gasteiger partial charge in [-0.15, -0.1) is 0 Å². The maximum atomic E-state index is 12.2. The van der Waals surface area contributed by atoms with Gasteiger partial charge < -0.3 is 15.3 Å². The lowest BCUT2D eigenvalue weighted by atomic mass is 9.89. The molecule has 0 aromatic heterocycles. The molecule has 5 nitrogen and oxygen atoms in total. The highest BCUT2D eigenvalue weighted by atomic mass is 16.3. The van der Waals surface area contributed by atoms with Gasteiger partial charge in [-0.2, -0.15) is 0 Å². The number of amides is 2. The van der Waals surface area contributed by atoms with Crippen LogP contribution in [0.4, 0.5) is 0 Å². The van der Waals surface area contributed by atoms with Crippen molar-refractivity contribution in [1.82, 2.24) is 10.2 Å². The average Bonchev–Trinajstić information content (AvgIpc) is 2.91. The van der Waals surface area contributed by atoms with Gasteiger partial charge in [0, 0.05) is 26.1 Å². The molecule has 2 atom stereocenters. The lowest BCUT2D eigenvalue weighted by Crippen LogP contribution is -2.42. The van der Waals surface area contributed by atoms with Crippen LogP contribution in [0.3, 0.4) is 0 Å². The summed E-state index contributed by atoms with van der Waals surface area (Å²) in [5, 5.41) is 12.8. The van der Waals surface area contributed by atoms with Crippen LogP contribution in [-0.4, -0.2) is 47.6 Å². The van der Waals surface area contributed by atoms with Crippen molar-refractivity contribution in [3.63, 3.8) is 0 Å². The molecule has 132 valence electrons. The first-order valence-electron chi connectivity index (χ1n) is 8.55. The molecule has 1 heterocycles. The molecule has 2 unspecified atom stereocenters. The topological polar surface area (TPSA) is 69.6 Å². The standard InChI is InChI=1S/C19H28N2O3/c1-19(2,3)16(22)12-20-18(24)15-11-17(23)21(13-15)10-9-14-7-5-4-6-8-14/h4-8,15-16,22H,9-13H2,1-3H3,(H,20,24). The van der Waals surface area contributed by atoms with E-state index in [0.29, 0.717) is 13.1 Å². The van der Waals surface area contributed by atoms with E-state index >= 15 is 0 Å². The summed E-state index contributed by atoms with van der Waals surface area (Å²) in [6.45, 7) is 7.09. The molecule has 1 aliphatic rings. The maximum absolute atomic E-state index is 12.2. The summed E-state index contributed by atoms with van der Waals surface area (Å²) < 4.78 is 0. The first-order valence-corrected chi connectivity index (χ1v) is 8.55. The first-order chi connectivity index (χ1) is 11.3. The van der Waals surface area contributed by atoms with E-state index in [1.807, 2.05) is 51.1 Å². The summed E-state index contributed by atoms with van der Waals surface area (Å²) in [6, 6.07) is 10.0. The number of carbonyl (C=O) groups excluding carboxylic acids is 2. The van der Waals surface area contributed by atoms with Gasteiger partial charge in [0.2, 0.25) is 11.8 Å². The van der Waals surface area contributed by atoms with E-state index in [4.69, 9.17) is 0 Å². The van der Waals surface area contributed by atoms with Gasteiger partial charge in [0.1, 0.15) is 0 Å². The second-order valence-corrected chi connectivity index (χ2v) is 7.60. The van der Waals surface area contributed by atoms with Crippen LogP contribution in [-0.2, 0) is 16.0 Å². The second kappa shape index (κ2) is 7.79. The molecular weight excluding hydrogens is 304 g/mol. The van der Waals surface area contributed by atoms with E-state index in [1.54, 1.807) is 4.90 Å². The molecule has 0 bridgehead atoms. The number of nitrogens with one attached hydrogen (secondary N) is 1. The van der Waals surface area contributed by atoms with E-state index in [0.717, 1.165) is 6.42 Å². The zero-order chi connectivity index (χ0) is 17.7. The van der Waals surface area contributed by atoms with Gasteiger partial charge in [0.05, 0.1) is 12.0 Å². The monoisotopic (exact) mass is 332 g/mol. The Morgan fingerprint density at radius 3 is 2.62 bits per heavy atom. The Labute approximate surface area is 144 Å². The van der Waals surface area contributed by atoms with Crippen LogP contribution >= 0.6 is 0 Å². The van der Waals surface area contributed by atoms with Gasteiger partial charge in [-0.3, -0.25) is 9.59 Å². The predicted molar refractivity (Wildman–Crippen MR) is 93.3 cm³/mol. The molecule has 24 heavy (non-hydrogen) atoms. The number of carbonyl (C=O) groups is 2. The number of nitrogens with zero attached hydrogens (tertiary/aromatic N) is 1. The summed E-state index contributed by atoms with van der Waals surface area (Å²) in [5.74, 6) is -0.434. The van der Waals surface area contributed by atoms with E-state index in [2.05, 4.69) is 5.32 Å². The number of aliphatic hydroxyl groups is 1. The fourth-order valence-corrected chi connectivity index (χ4v) is 2.72. The first kappa shape index (κ1) is 18.5. The molecule has 1 saturated heterocycles. The van der Waals surface area contributed by atoms with Crippen molar-refractivity contribution in [2.45, 2.75) is 39.7 Å². The van der Waals surface area contributed by atoms with E-state index in [-0.39, 0.29) is 36.1 Å². The summed E-state index contributed by atoms with van der Waals surface area (Å²) in [6.07, 6.45) is 0.448. The summed E-state index contributed by atoms with van der Waals surface area (Å²) in [4.78, 5) is 26.1. The number of likely N-dealkylation sites (tertiary alicyclic amines) is 1. The van der Waals surface area contributed by atoms with Crippen molar-refractivity contribution in [3.05, 3.63) is 35.9 Å². The molecule has 2 amide bonds. The third kappa shape index (κ3) is 5.06. The quantitative estimate of drug-likeness (QED) is 0.831. The highest BCUT2D eigenvalue weighted by Gasteiger charge is 2.34. The summed E-state index contributed by atoms with van der Waals surface area (Å²) >= 11 is 0. The fourth-order valence-electron chi connectivity index (χ4n) is 2.72. The molecular formula is C19H28N2O3. The third-order valence-corrected chi connectivity index (χ3v) is 4.57. The van der Waals surface area contributed by atoms with Gasteiger partial charge >= 0.3 is 0 Å². The fraction of sp³-hybridized carbons (Fsp3) is 0.579. The normalized spacial score (nSPS) is 19.4. The molecule has 5 heteroatoms. The summed E-state index contributed by atoms with van der Waals surface area (Å²) in [7, 11) is 0. The van der Waals surface area contributed by atoms with Crippen LogP contribution < -0.4 is 5.32 Å². The lowest BCUT2D eigenvalue weighted by molar-refractivity contribution is -0.129. The van der Waals surface area contributed by atoms with Crippen molar-refractivity contribution in [3.8, 4) is 0 Å². The van der Waals surface area contributed by atoms with Gasteiger partial charge in [-0.25, -0.2) is 0 Å². The highest BCUT2D eigenvalue weighted by molar-refractivity contribution is 5.89. The van der Waals surface area contributed by atoms with Gasteiger partial charge in [-0.1, -0.05) is 51.1 Å². The Bertz CT molecular complexity index is 566. The molecule has 2 rings (SSSR count). The van der Waals surface area contributed by atoms with Crippen LogP contribution in [0.1, 0.15) is 32.8 Å². The summed E-state index contributed by atoms with van der Waals surface area (Å²) in [5.41, 5.74) is 0.909. The Kier molecular flexibility index (Phi) is 5.99. The smallest absolute Gasteiger partial charge is 0.225 e. The predicted octanol–water partition coefficient (Wildman–Crippen LogP) is 1.60. The van der Waals surface area contributed by atoms with Crippen LogP contribution in [0, 0.1) is 11.3 Å². The molecule has 0 saturated carbocycles. The van der Waals surface area contributed by atoms with Crippen LogP contribution in [0.2, 0.25) is 0 Å². The van der Waals surface area contributed by atoms with Crippen molar-refractivity contribution >= 4 is 11.8 Å². The number of aliphatic hydroxyl groups excluding tert-OH is 1. The van der Waals surface area contributed by atoms with Crippen molar-refractivity contribution < 1.29 is 14.7 Å². The zero-order valence-corrected chi connectivity index (χ0v) is 14.8. The van der Waals surface area contributed by atoms with Gasteiger partial charge in [0.25, 0.3) is 0 Å². The minimum Gasteiger partial charge on any atom is -0.391 e. The number of benzene rings is 1. The molecule has 1 fully saturated rings. The van der Waals surface area contributed by atoms with Crippen LogP contribution in [0.25, 0.3) is 0 Å².